The van der Waals surface area contributed by atoms with Gasteiger partial charge < -0.3 is 25.7 Å². The zero-order valence-electron chi connectivity index (χ0n) is 17.9. The molecule has 0 spiro atoms. The SMILES string of the molecule is Cc1nn(C)c(C(=O)N[C@@H]2C[C@H](C(=O)NCCN3CCCC3)C[C@H]2O)c1C.O=CO. The molecule has 168 valence electrons. The van der Waals surface area contributed by atoms with E-state index in [1.165, 1.54) is 12.8 Å². The molecule has 0 bridgehead atoms. The number of carboxylic acid groups (broad SMARTS) is 1. The first-order valence-corrected chi connectivity index (χ1v) is 10.4. The third kappa shape index (κ3) is 6.02. The Balaban J connectivity index is 0.00000101. The number of aryl methyl sites for hydroxylation is 2. The molecule has 1 saturated carbocycles. The fourth-order valence-electron chi connectivity index (χ4n) is 4.19. The van der Waals surface area contributed by atoms with E-state index in [0.717, 1.165) is 30.9 Å². The van der Waals surface area contributed by atoms with Gasteiger partial charge in [-0.25, -0.2) is 0 Å². The minimum Gasteiger partial charge on any atom is -0.483 e. The highest BCUT2D eigenvalue weighted by Crippen LogP contribution is 2.27. The maximum Gasteiger partial charge on any atom is 0.290 e. The summed E-state index contributed by atoms with van der Waals surface area (Å²) in [5, 5.41) is 27.3. The number of hydrogen-bond acceptors (Lipinski definition) is 6. The highest BCUT2D eigenvalue weighted by atomic mass is 16.3. The van der Waals surface area contributed by atoms with Gasteiger partial charge in [0, 0.05) is 31.6 Å². The van der Waals surface area contributed by atoms with Crippen molar-refractivity contribution >= 4 is 18.3 Å². The number of aliphatic hydroxyl groups excluding tert-OH is 1. The summed E-state index contributed by atoms with van der Waals surface area (Å²) in [7, 11) is 1.73. The minimum absolute atomic E-state index is 0.0300. The number of aromatic nitrogens is 2. The molecule has 0 radical (unpaired) electrons. The number of likely N-dealkylation sites (tertiary alicyclic amines) is 1. The van der Waals surface area contributed by atoms with E-state index in [9.17, 15) is 14.7 Å². The summed E-state index contributed by atoms with van der Waals surface area (Å²) in [5.41, 5.74) is 2.14. The normalized spacial score (nSPS) is 23.5. The largest absolute Gasteiger partial charge is 0.483 e. The van der Waals surface area contributed by atoms with Crippen molar-refractivity contribution in [3.63, 3.8) is 0 Å². The van der Waals surface area contributed by atoms with Crippen LogP contribution in [0, 0.1) is 19.8 Å². The second kappa shape index (κ2) is 11.1. The van der Waals surface area contributed by atoms with Gasteiger partial charge in [-0.05, 0) is 52.6 Å². The van der Waals surface area contributed by atoms with Gasteiger partial charge in [-0.1, -0.05) is 0 Å². The van der Waals surface area contributed by atoms with E-state index in [2.05, 4.69) is 20.6 Å². The van der Waals surface area contributed by atoms with Crippen molar-refractivity contribution in [3.8, 4) is 0 Å². The molecule has 30 heavy (non-hydrogen) atoms. The molecule has 10 nitrogen and oxygen atoms in total. The standard InChI is InChI=1S/C19H31N5O3.CH2O2/c1-12-13(2)22-23(3)17(12)19(27)21-15-10-14(11-16(15)25)18(26)20-6-9-24-7-4-5-8-24;2-1-3/h14-16,25H,4-11H2,1-3H3,(H,20,26)(H,21,27);1H,(H,2,3)/t14-,15+,16+;/m0./s1. The number of nitrogens with zero attached hydrogens (tertiary/aromatic N) is 3. The summed E-state index contributed by atoms with van der Waals surface area (Å²) in [5.74, 6) is -0.550. The van der Waals surface area contributed by atoms with Crippen molar-refractivity contribution in [2.45, 2.75) is 51.7 Å². The lowest BCUT2D eigenvalue weighted by atomic mass is 10.1. The van der Waals surface area contributed by atoms with Crippen LogP contribution in [0.1, 0.15) is 47.4 Å². The second-order valence-electron chi connectivity index (χ2n) is 7.94. The monoisotopic (exact) mass is 423 g/mol. The van der Waals surface area contributed by atoms with Crippen LogP contribution in [0.4, 0.5) is 0 Å². The molecule has 1 aliphatic carbocycles. The molecule has 10 heteroatoms. The Hall–Kier alpha value is -2.46. The zero-order valence-corrected chi connectivity index (χ0v) is 17.9. The Labute approximate surface area is 176 Å². The van der Waals surface area contributed by atoms with Gasteiger partial charge in [0.05, 0.1) is 17.8 Å². The van der Waals surface area contributed by atoms with Gasteiger partial charge in [-0.15, -0.1) is 0 Å². The van der Waals surface area contributed by atoms with Crippen molar-refractivity contribution in [1.82, 2.24) is 25.3 Å². The fraction of sp³-hybridized carbons (Fsp3) is 0.700. The molecule has 1 aromatic heterocycles. The topological polar surface area (TPSA) is 137 Å². The summed E-state index contributed by atoms with van der Waals surface area (Å²) in [6.07, 6.45) is 2.60. The average molecular weight is 424 g/mol. The third-order valence-electron chi connectivity index (χ3n) is 5.88. The van der Waals surface area contributed by atoms with Crippen LogP contribution in [0.15, 0.2) is 0 Å². The number of carbonyl (C=O) groups excluding carboxylic acids is 2. The molecule has 4 N–H and O–H groups in total. The highest BCUT2D eigenvalue weighted by molar-refractivity contribution is 5.94. The molecule has 2 aliphatic rings. The van der Waals surface area contributed by atoms with Gasteiger partial charge in [0.1, 0.15) is 5.69 Å². The van der Waals surface area contributed by atoms with E-state index >= 15 is 0 Å². The smallest absolute Gasteiger partial charge is 0.290 e. The first-order valence-electron chi connectivity index (χ1n) is 10.4. The second-order valence-corrected chi connectivity index (χ2v) is 7.94. The van der Waals surface area contributed by atoms with Crippen LogP contribution in [-0.2, 0) is 16.6 Å². The zero-order chi connectivity index (χ0) is 22.3. The van der Waals surface area contributed by atoms with Crippen LogP contribution in [0.5, 0.6) is 0 Å². The van der Waals surface area contributed by atoms with E-state index in [-0.39, 0.29) is 24.2 Å². The summed E-state index contributed by atoms with van der Waals surface area (Å²) in [6, 6.07) is -0.415. The van der Waals surface area contributed by atoms with Crippen molar-refractivity contribution < 1.29 is 24.6 Å². The predicted molar refractivity (Wildman–Crippen MR) is 110 cm³/mol. The molecule has 3 rings (SSSR count). The lowest BCUT2D eigenvalue weighted by molar-refractivity contribution is -0.125. The number of rotatable bonds is 6. The van der Waals surface area contributed by atoms with E-state index < -0.39 is 12.1 Å². The van der Waals surface area contributed by atoms with Crippen LogP contribution in [0.25, 0.3) is 0 Å². The van der Waals surface area contributed by atoms with Crippen molar-refractivity contribution in [2.75, 3.05) is 26.2 Å². The van der Waals surface area contributed by atoms with Gasteiger partial charge in [0.25, 0.3) is 12.4 Å². The highest BCUT2D eigenvalue weighted by Gasteiger charge is 2.38. The molecule has 0 unspecified atom stereocenters. The summed E-state index contributed by atoms with van der Waals surface area (Å²) < 4.78 is 1.56. The van der Waals surface area contributed by atoms with Crippen LogP contribution in [0.3, 0.4) is 0 Å². The van der Waals surface area contributed by atoms with Gasteiger partial charge >= 0.3 is 0 Å². The molecule has 1 aliphatic heterocycles. The van der Waals surface area contributed by atoms with Crippen LogP contribution < -0.4 is 10.6 Å². The van der Waals surface area contributed by atoms with Gasteiger partial charge in [-0.2, -0.15) is 5.10 Å². The predicted octanol–water partition coefficient (Wildman–Crippen LogP) is -0.181. The van der Waals surface area contributed by atoms with Crippen LogP contribution >= 0.6 is 0 Å². The first-order chi connectivity index (χ1) is 14.3. The summed E-state index contributed by atoms with van der Waals surface area (Å²) >= 11 is 0. The molecule has 0 aromatic carbocycles. The molecule has 3 atom stereocenters. The van der Waals surface area contributed by atoms with E-state index in [4.69, 9.17) is 9.90 Å². The van der Waals surface area contributed by atoms with E-state index in [1.54, 1.807) is 11.7 Å². The Morgan fingerprint density at radius 1 is 1.23 bits per heavy atom. The molecule has 1 aromatic rings. The first kappa shape index (κ1) is 23.8. The Bertz CT molecular complexity index is 744. The molecule has 2 fully saturated rings. The van der Waals surface area contributed by atoms with E-state index in [0.29, 0.717) is 25.1 Å². The molecular formula is C20H33N5O5. The molecule has 2 heterocycles. The van der Waals surface area contributed by atoms with Gasteiger partial charge in [-0.3, -0.25) is 19.1 Å². The summed E-state index contributed by atoms with van der Waals surface area (Å²) in [6.45, 7) is 7.20. The Kier molecular flexibility index (Phi) is 8.79. The Morgan fingerprint density at radius 3 is 2.43 bits per heavy atom. The van der Waals surface area contributed by atoms with Crippen molar-refractivity contribution in [1.29, 1.82) is 0 Å². The Morgan fingerprint density at radius 2 is 1.87 bits per heavy atom. The van der Waals surface area contributed by atoms with Crippen LogP contribution in [0.2, 0.25) is 0 Å². The molecule has 1 saturated heterocycles. The third-order valence-corrected chi connectivity index (χ3v) is 5.88. The van der Waals surface area contributed by atoms with Gasteiger partial charge in [0.15, 0.2) is 0 Å². The number of aliphatic hydroxyl groups is 1. The molecule has 2 amide bonds. The van der Waals surface area contributed by atoms with E-state index in [1.807, 2.05) is 13.8 Å². The minimum atomic E-state index is -0.710. The number of carbonyl (C=O) groups is 3. The van der Waals surface area contributed by atoms with Gasteiger partial charge in [0.2, 0.25) is 5.91 Å². The quantitative estimate of drug-likeness (QED) is 0.466. The number of amides is 2. The maximum absolute atomic E-state index is 12.6. The summed E-state index contributed by atoms with van der Waals surface area (Å²) in [4.78, 5) is 35.7. The maximum atomic E-state index is 12.6. The lowest BCUT2D eigenvalue weighted by Gasteiger charge is -2.17. The van der Waals surface area contributed by atoms with Crippen molar-refractivity contribution in [2.24, 2.45) is 13.0 Å². The van der Waals surface area contributed by atoms with Crippen LogP contribution in [-0.4, -0.2) is 81.5 Å². The fourth-order valence-corrected chi connectivity index (χ4v) is 4.19. The number of nitrogens with one attached hydrogen (secondary N) is 2. The lowest BCUT2D eigenvalue weighted by Crippen LogP contribution is -2.41. The molecular weight excluding hydrogens is 390 g/mol. The average Bonchev–Trinajstić information content (AvgIpc) is 3.38. The van der Waals surface area contributed by atoms with Crippen molar-refractivity contribution in [3.05, 3.63) is 17.0 Å². The number of hydrogen-bond donors (Lipinski definition) is 4.